The molecule has 4 rings (SSSR count). The van der Waals surface area contributed by atoms with Gasteiger partial charge in [0, 0.05) is 25.5 Å². The molecule has 1 fully saturated rings. The maximum absolute atomic E-state index is 13.1. The van der Waals surface area contributed by atoms with Gasteiger partial charge in [0.2, 0.25) is 0 Å². The number of likely N-dealkylation sites (tertiary alicyclic amines) is 1. The van der Waals surface area contributed by atoms with E-state index in [1.54, 1.807) is 29.7 Å². The summed E-state index contributed by atoms with van der Waals surface area (Å²) in [6.45, 7) is 3.50. The van der Waals surface area contributed by atoms with Crippen LogP contribution >= 0.6 is 0 Å². The van der Waals surface area contributed by atoms with Crippen LogP contribution in [0.5, 0.6) is 0 Å². The molecule has 30 heavy (non-hydrogen) atoms. The Balaban J connectivity index is 1.56. The zero-order valence-electron chi connectivity index (χ0n) is 17.2. The first-order valence-corrected chi connectivity index (χ1v) is 10.1. The maximum Gasteiger partial charge on any atom is 0.313 e. The minimum Gasteiger partial charge on any atom is -0.469 e. The Morgan fingerprint density at radius 2 is 2.10 bits per heavy atom. The molecule has 1 saturated heterocycles. The summed E-state index contributed by atoms with van der Waals surface area (Å²) < 4.78 is 6.93. The van der Waals surface area contributed by atoms with Crippen LogP contribution in [0.15, 0.2) is 43.0 Å². The van der Waals surface area contributed by atoms with Gasteiger partial charge in [0.25, 0.3) is 5.91 Å². The third-order valence-corrected chi connectivity index (χ3v) is 5.92. The lowest BCUT2D eigenvalue weighted by molar-refractivity contribution is -0.156. The maximum atomic E-state index is 13.1. The van der Waals surface area contributed by atoms with Gasteiger partial charge in [0.1, 0.15) is 5.52 Å². The molecule has 156 valence electrons. The van der Waals surface area contributed by atoms with Gasteiger partial charge in [-0.15, -0.1) is 0 Å². The van der Waals surface area contributed by atoms with Crippen LogP contribution in [0.1, 0.15) is 42.2 Å². The number of imidazole rings is 1. The van der Waals surface area contributed by atoms with Crippen molar-refractivity contribution in [2.75, 3.05) is 20.2 Å². The van der Waals surface area contributed by atoms with Crippen LogP contribution in [0, 0.1) is 5.41 Å². The van der Waals surface area contributed by atoms with Crippen LogP contribution in [0.4, 0.5) is 0 Å². The first-order chi connectivity index (χ1) is 14.6. The second-order valence-corrected chi connectivity index (χ2v) is 7.72. The lowest BCUT2D eigenvalue weighted by Crippen LogP contribution is -2.50. The highest BCUT2D eigenvalue weighted by Crippen LogP contribution is 2.35. The predicted molar refractivity (Wildman–Crippen MR) is 111 cm³/mol. The third-order valence-electron chi connectivity index (χ3n) is 5.92. The smallest absolute Gasteiger partial charge is 0.313 e. The van der Waals surface area contributed by atoms with Gasteiger partial charge in [-0.3, -0.25) is 14.6 Å². The number of methoxy groups -OCH3 is 1. The SMILES string of the molecule is CCC1(C(=O)OC)CCCN(C(=O)c2cnc3c(c2)ncn3Cc2ccccn2)C1. The summed E-state index contributed by atoms with van der Waals surface area (Å²) in [5.74, 6) is -0.380. The molecule has 0 saturated carbocycles. The minimum atomic E-state index is -0.634. The predicted octanol–water partition coefficient (Wildman–Crippen LogP) is 2.68. The van der Waals surface area contributed by atoms with E-state index in [4.69, 9.17) is 4.74 Å². The Kier molecular flexibility index (Phi) is 5.48. The summed E-state index contributed by atoms with van der Waals surface area (Å²) >= 11 is 0. The first-order valence-electron chi connectivity index (χ1n) is 10.1. The van der Waals surface area contributed by atoms with Crippen molar-refractivity contribution >= 4 is 23.0 Å². The van der Waals surface area contributed by atoms with Gasteiger partial charge < -0.3 is 14.2 Å². The molecule has 1 atom stereocenters. The van der Waals surface area contributed by atoms with E-state index in [0.717, 1.165) is 18.5 Å². The number of hydrogen-bond acceptors (Lipinski definition) is 6. The van der Waals surface area contributed by atoms with Crippen LogP contribution in [-0.2, 0) is 16.1 Å². The number of esters is 1. The molecule has 3 aromatic rings. The number of aromatic nitrogens is 4. The Labute approximate surface area is 174 Å². The Morgan fingerprint density at radius 3 is 2.83 bits per heavy atom. The van der Waals surface area contributed by atoms with E-state index in [2.05, 4.69) is 15.0 Å². The Hall–Kier alpha value is -3.29. The number of carbonyl (C=O) groups excluding carboxylic acids is 2. The number of fused-ring (bicyclic) bond motifs is 1. The van der Waals surface area contributed by atoms with Crippen LogP contribution in [0.3, 0.4) is 0 Å². The van der Waals surface area contributed by atoms with E-state index in [-0.39, 0.29) is 11.9 Å². The zero-order chi connectivity index (χ0) is 21.1. The summed E-state index contributed by atoms with van der Waals surface area (Å²) in [5.41, 5.74) is 2.11. The molecule has 0 aliphatic carbocycles. The monoisotopic (exact) mass is 407 g/mol. The number of ether oxygens (including phenoxy) is 1. The average Bonchev–Trinajstić information content (AvgIpc) is 3.20. The number of nitrogens with zero attached hydrogens (tertiary/aromatic N) is 5. The van der Waals surface area contributed by atoms with E-state index in [9.17, 15) is 9.59 Å². The molecule has 1 unspecified atom stereocenters. The van der Waals surface area contributed by atoms with Gasteiger partial charge in [-0.1, -0.05) is 13.0 Å². The van der Waals surface area contributed by atoms with Crippen LogP contribution in [0.25, 0.3) is 11.2 Å². The molecule has 8 heteroatoms. The number of piperidine rings is 1. The second-order valence-electron chi connectivity index (χ2n) is 7.72. The summed E-state index contributed by atoms with van der Waals surface area (Å²) in [5, 5.41) is 0. The molecular weight excluding hydrogens is 382 g/mol. The summed E-state index contributed by atoms with van der Waals surface area (Å²) in [7, 11) is 1.40. The van der Waals surface area contributed by atoms with Gasteiger partial charge in [0.05, 0.1) is 36.7 Å². The van der Waals surface area contributed by atoms with Crippen molar-refractivity contribution in [1.29, 1.82) is 0 Å². The van der Waals surface area contributed by atoms with E-state index in [0.29, 0.717) is 42.8 Å². The van der Waals surface area contributed by atoms with Crippen LogP contribution < -0.4 is 0 Å². The van der Waals surface area contributed by atoms with E-state index < -0.39 is 5.41 Å². The molecule has 0 aromatic carbocycles. The van der Waals surface area contributed by atoms with Gasteiger partial charge in [0.15, 0.2) is 5.65 Å². The summed E-state index contributed by atoms with van der Waals surface area (Å²) in [6, 6.07) is 7.52. The largest absolute Gasteiger partial charge is 0.469 e. The normalized spacial score (nSPS) is 19.1. The highest BCUT2D eigenvalue weighted by Gasteiger charge is 2.43. The highest BCUT2D eigenvalue weighted by molar-refractivity contribution is 5.96. The molecule has 1 aliphatic rings. The van der Waals surface area contributed by atoms with Crippen molar-refractivity contribution < 1.29 is 14.3 Å². The fourth-order valence-electron chi connectivity index (χ4n) is 4.15. The first kappa shape index (κ1) is 20.0. The van der Waals surface area contributed by atoms with Crippen molar-refractivity contribution in [3.8, 4) is 0 Å². The standard InChI is InChI=1S/C22H25N5O3/c1-3-22(21(29)30-2)8-6-10-26(14-22)20(28)16-11-18-19(24-12-16)27(15-25-18)13-17-7-4-5-9-23-17/h4-5,7,9,11-12,15H,3,6,8,10,13-14H2,1-2H3. The lowest BCUT2D eigenvalue weighted by Gasteiger charge is -2.40. The highest BCUT2D eigenvalue weighted by atomic mass is 16.5. The molecule has 3 aromatic heterocycles. The summed E-state index contributed by atoms with van der Waals surface area (Å²) in [4.78, 5) is 40.5. The lowest BCUT2D eigenvalue weighted by atomic mass is 9.77. The van der Waals surface area contributed by atoms with Crippen molar-refractivity contribution in [2.24, 2.45) is 5.41 Å². The minimum absolute atomic E-state index is 0.134. The van der Waals surface area contributed by atoms with Crippen molar-refractivity contribution in [3.63, 3.8) is 0 Å². The summed E-state index contributed by atoms with van der Waals surface area (Å²) in [6.07, 6.45) is 7.18. The molecule has 8 nitrogen and oxygen atoms in total. The number of amides is 1. The van der Waals surface area contributed by atoms with E-state index >= 15 is 0 Å². The van der Waals surface area contributed by atoms with E-state index in [1.807, 2.05) is 29.7 Å². The fraction of sp³-hybridized carbons (Fsp3) is 0.409. The number of carbonyl (C=O) groups is 2. The molecule has 1 aliphatic heterocycles. The van der Waals surface area contributed by atoms with E-state index in [1.165, 1.54) is 7.11 Å². The zero-order valence-corrected chi connectivity index (χ0v) is 17.2. The van der Waals surface area contributed by atoms with Crippen LogP contribution in [0.2, 0.25) is 0 Å². The van der Waals surface area contributed by atoms with Gasteiger partial charge >= 0.3 is 5.97 Å². The molecule has 0 bridgehead atoms. The molecule has 4 heterocycles. The van der Waals surface area contributed by atoms with Gasteiger partial charge in [-0.2, -0.15) is 0 Å². The number of pyridine rings is 2. The molecule has 0 radical (unpaired) electrons. The number of hydrogen-bond donors (Lipinski definition) is 0. The Bertz CT molecular complexity index is 1070. The average molecular weight is 407 g/mol. The molecular formula is C22H25N5O3. The topological polar surface area (TPSA) is 90.2 Å². The second kappa shape index (κ2) is 8.22. The van der Waals surface area contributed by atoms with Crippen molar-refractivity contribution in [3.05, 3.63) is 54.2 Å². The number of rotatable bonds is 5. The third kappa shape index (κ3) is 3.65. The van der Waals surface area contributed by atoms with Crippen molar-refractivity contribution in [1.82, 2.24) is 24.4 Å². The van der Waals surface area contributed by atoms with Crippen molar-refractivity contribution in [2.45, 2.75) is 32.7 Å². The molecule has 1 amide bonds. The van der Waals surface area contributed by atoms with Gasteiger partial charge in [-0.05, 0) is 37.5 Å². The quantitative estimate of drug-likeness (QED) is 0.604. The molecule has 0 N–H and O–H groups in total. The van der Waals surface area contributed by atoms with Gasteiger partial charge in [-0.25, -0.2) is 9.97 Å². The Morgan fingerprint density at radius 1 is 1.23 bits per heavy atom. The van der Waals surface area contributed by atoms with Crippen LogP contribution in [-0.4, -0.2) is 56.5 Å². The fourth-order valence-corrected chi connectivity index (χ4v) is 4.15. The molecule has 0 spiro atoms.